The quantitative estimate of drug-likeness (QED) is 0.608. The van der Waals surface area contributed by atoms with E-state index in [0.717, 1.165) is 38.2 Å². The van der Waals surface area contributed by atoms with Crippen LogP contribution in [-0.2, 0) is 17.4 Å². The van der Waals surface area contributed by atoms with Gasteiger partial charge in [0.25, 0.3) is 0 Å². The largest absolute Gasteiger partial charge is 0.493 e. The van der Waals surface area contributed by atoms with Gasteiger partial charge in [-0.2, -0.15) is 13.2 Å². The molecule has 23 heavy (non-hydrogen) atoms. The van der Waals surface area contributed by atoms with Crippen LogP contribution in [0.1, 0.15) is 56.6 Å². The van der Waals surface area contributed by atoms with Gasteiger partial charge in [0.15, 0.2) is 0 Å². The summed E-state index contributed by atoms with van der Waals surface area (Å²) in [4.78, 5) is 10.5. The minimum atomic E-state index is -4.52. The lowest BCUT2D eigenvalue weighted by molar-refractivity contribution is -0.139. The van der Waals surface area contributed by atoms with Crippen molar-refractivity contribution in [3.8, 4) is 5.75 Å². The molecule has 1 N–H and O–H groups in total. The summed E-state index contributed by atoms with van der Waals surface area (Å²) in [5, 5.41) is 8.62. The summed E-state index contributed by atoms with van der Waals surface area (Å²) in [6, 6.07) is 3.76. The molecule has 0 amide bonds. The van der Waals surface area contributed by atoms with Gasteiger partial charge in [-0.1, -0.05) is 38.7 Å². The molecule has 1 aromatic rings. The number of alkyl halides is 3. The lowest BCUT2D eigenvalue weighted by atomic mass is 10.0. The van der Waals surface area contributed by atoms with E-state index < -0.39 is 17.7 Å². The first kappa shape index (κ1) is 19.3. The van der Waals surface area contributed by atoms with Crippen molar-refractivity contribution < 1.29 is 27.8 Å². The number of halogens is 3. The van der Waals surface area contributed by atoms with Crippen molar-refractivity contribution in [1.82, 2.24) is 0 Å². The van der Waals surface area contributed by atoms with Gasteiger partial charge >= 0.3 is 12.1 Å². The van der Waals surface area contributed by atoms with Crippen molar-refractivity contribution in [2.24, 2.45) is 0 Å². The smallest absolute Gasteiger partial charge is 0.419 e. The van der Waals surface area contributed by atoms with E-state index in [1.165, 1.54) is 12.1 Å². The van der Waals surface area contributed by atoms with Gasteiger partial charge in [-0.3, -0.25) is 4.79 Å². The molecule has 0 fully saturated rings. The number of unbranched alkanes of at least 4 members (excludes halogenated alkanes) is 4. The number of hydrogen-bond acceptors (Lipinski definition) is 2. The van der Waals surface area contributed by atoms with Crippen molar-refractivity contribution in [3.05, 3.63) is 29.3 Å². The highest BCUT2D eigenvalue weighted by atomic mass is 19.4. The molecule has 0 atom stereocenters. The van der Waals surface area contributed by atoms with Crippen LogP contribution in [0.2, 0.25) is 0 Å². The van der Waals surface area contributed by atoms with Crippen LogP contribution in [-0.4, -0.2) is 17.7 Å². The van der Waals surface area contributed by atoms with Gasteiger partial charge < -0.3 is 9.84 Å². The van der Waals surface area contributed by atoms with Crippen LogP contribution in [0.25, 0.3) is 0 Å². The summed E-state index contributed by atoms with van der Waals surface area (Å²) in [6.45, 7) is 2.35. The van der Waals surface area contributed by atoms with E-state index in [4.69, 9.17) is 9.84 Å². The number of carboxylic acids is 1. The molecule has 0 radical (unpaired) electrons. The number of carboxylic acid groups (broad SMARTS) is 1. The second-order valence-corrected chi connectivity index (χ2v) is 5.48. The highest BCUT2D eigenvalue weighted by Gasteiger charge is 2.34. The second kappa shape index (κ2) is 9.43. The van der Waals surface area contributed by atoms with E-state index in [-0.39, 0.29) is 25.2 Å². The summed E-state index contributed by atoms with van der Waals surface area (Å²) < 4.78 is 44.6. The molecular weight excluding hydrogens is 309 g/mol. The Labute approximate surface area is 134 Å². The molecule has 0 bridgehead atoms. The first-order chi connectivity index (χ1) is 10.8. The van der Waals surface area contributed by atoms with Gasteiger partial charge in [0.2, 0.25) is 0 Å². The second-order valence-electron chi connectivity index (χ2n) is 5.48. The molecule has 0 aliphatic rings. The molecule has 130 valence electrons. The van der Waals surface area contributed by atoms with Crippen LogP contribution in [0.5, 0.6) is 5.75 Å². The fraction of sp³-hybridized carbons (Fsp3) is 0.588. The Hall–Kier alpha value is -1.72. The molecule has 0 spiro atoms. The first-order valence-corrected chi connectivity index (χ1v) is 7.89. The number of rotatable bonds is 10. The third kappa shape index (κ3) is 7.39. The van der Waals surface area contributed by atoms with E-state index in [9.17, 15) is 18.0 Å². The maximum atomic E-state index is 13.1. The SMILES string of the molecule is CCCCCCCOc1ccc(CCC(=O)O)cc1C(F)(F)F. The molecule has 6 heteroatoms. The number of ether oxygens (including phenoxy) is 1. The molecule has 0 aliphatic heterocycles. The molecule has 1 rings (SSSR count). The molecule has 0 heterocycles. The number of carbonyl (C=O) groups is 1. The van der Waals surface area contributed by atoms with Gasteiger partial charge in [-0.05, 0) is 30.5 Å². The number of aliphatic carboxylic acids is 1. The summed E-state index contributed by atoms with van der Waals surface area (Å²) >= 11 is 0. The van der Waals surface area contributed by atoms with Crippen LogP contribution in [0.3, 0.4) is 0 Å². The average molecular weight is 332 g/mol. The first-order valence-electron chi connectivity index (χ1n) is 7.89. The Kier molecular flexibility index (Phi) is 7.92. The molecular formula is C17H23F3O3. The molecule has 0 aliphatic carbocycles. The summed E-state index contributed by atoms with van der Waals surface area (Å²) in [5.74, 6) is -1.22. The molecule has 0 saturated carbocycles. The zero-order valence-electron chi connectivity index (χ0n) is 13.3. The highest BCUT2D eigenvalue weighted by molar-refractivity contribution is 5.67. The van der Waals surface area contributed by atoms with Gasteiger partial charge in [0, 0.05) is 6.42 Å². The predicted molar refractivity (Wildman–Crippen MR) is 81.7 cm³/mol. The van der Waals surface area contributed by atoms with Crippen LogP contribution >= 0.6 is 0 Å². The Morgan fingerprint density at radius 1 is 1.17 bits per heavy atom. The minimum Gasteiger partial charge on any atom is -0.493 e. The van der Waals surface area contributed by atoms with Crippen molar-refractivity contribution in [2.75, 3.05) is 6.61 Å². The third-order valence-corrected chi connectivity index (χ3v) is 3.48. The normalized spacial score (nSPS) is 11.5. The Balaban J connectivity index is 2.68. The predicted octanol–water partition coefficient (Wildman–Crippen LogP) is 5.07. The van der Waals surface area contributed by atoms with Crippen LogP contribution in [0, 0.1) is 0 Å². The van der Waals surface area contributed by atoms with Gasteiger partial charge in [0.05, 0.1) is 12.2 Å². The van der Waals surface area contributed by atoms with Crippen LogP contribution < -0.4 is 4.74 Å². The Morgan fingerprint density at radius 3 is 2.48 bits per heavy atom. The van der Waals surface area contributed by atoms with E-state index >= 15 is 0 Å². The summed E-state index contributed by atoms with van der Waals surface area (Å²) in [6.07, 6.45) is 0.286. The van der Waals surface area contributed by atoms with Crippen molar-refractivity contribution in [1.29, 1.82) is 0 Å². The van der Waals surface area contributed by atoms with Crippen LogP contribution in [0.4, 0.5) is 13.2 Å². The van der Waals surface area contributed by atoms with E-state index in [1.807, 2.05) is 0 Å². The van der Waals surface area contributed by atoms with Crippen molar-refractivity contribution in [3.63, 3.8) is 0 Å². The van der Waals surface area contributed by atoms with E-state index in [0.29, 0.717) is 5.56 Å². The van der Waals surface area contributed by atoms with Crippen molar-refractivity contribution >= 4 is 5.97 Å². The van der Waals surface area contributed by atoms with E-state index in [1.54, 1.807) is 0 Å². The molecule has 0 unspecified atom stereocenters. The maximum Gasteiger partial charge on any atom is 0.419 e. The zero-order chi connectivity index (χ0) is 17.3. The molecule has 1 aromatic carbocycles. The number of aryl methyl sites for hydroxylation is 1. The van der Waals surface area contributed by atoms with E-state index in [2.05, 4.69) is 6.92 Å². The standard InChI is InChI=1S/C17H23F3O3/c1-2-3-4-5-6-11-23-15-9-7-13(8-10-16(21)22)12-14(15)17(18,19)20/h7,9,12H,2-6,8,10-11H2,1H3,(H,21,22). The fourth-order valence-electron chi connectivity index (χ4n) is 2.22. The van der Waals surface area contributed by atoms with Crippen LogP contribution in [0.15, 0.2) is 18.2 Å². The van der Waals surface area contributed by atoms with Gasteiger partial charge in [0.1, 0.15) is 5.75 Å². The molecule has 3 nitrogen and oxygen atoms in total. The third-order valence-electron chi connectivity index (χ3n) is 3.48. The topological polar surface area (TPSA) is 46.5 Å². The fourth-order valence-corrected chi connectivity index (χ4v) is 2.22. The molecule has 0 aromatic heterocycles. The lowest BCUT2D eigenvalue weighted by Gasteiger charge is -2.15. The lowest BCUT2D eigenvalue weighted by Crippen LogP contribution is -2.10. The maximum absolute atomic E-state index is 13.1. The minimum absolute atomic E-state index is 0.0652. The highest BCUT2D eigenvalue weighted by Crippen LogP contribution is 2.37. The average Bonchev–Trinajstić information content (AvgIpc) is 2.48. The van der Waals surface area contributed by atoms with Gasteiger partial charge in [-0.15, -0.1) is 0 Å². The summed E-state index contributed by atoms with van der Waals surface area (Å²) in [5.41, 5.74) is -0.496. The Bertz CT molecular complexity index is 498. The summed E-state index contributed by atoms with van der Waals surface area (Å²) in [7, 11) is 0. The molecule has 0 saturated heterocycles. The van der Waals surface area contributed by atoms with Gasteiger partial charge in [-0.25, -0.2) is 0 Å². The Morgan fingerprint density at radius 2 is 1.87 bits per heavy atom. The van der Waals surface area contributed by atoms with Crippen molar-refractivity contribution in [2.45, 2.75) is 58.0 Å². The number of hydrogen-bond donors (Lipinski definition) is 1. The zero-order valence-corrected chi connectivity index (χ0v) is 13.3. The monoisotopic (exact) mass is 332 g/mol. The number of benzene rings is 1.